The van der Waals surface area contributed by atoms with E-state index in [9.17, 15) is 4.79 Å². The average Bonchev–Trinajstić information content (AvgIpc) is 2.26. The number of carbonyl (C=O) groups excluding carboxylic acids is 1. The van der Waals surface area contributed by atoms with E-state index in [1.54, 1.807) is 12.1 Å². The molecule has 0 bridgehead atoms. The molecule has 17 heavy (non-hydrogen) atoms. The maximum atomic E-state index is 11.0. The minimum atomic E-state index is 0.0811. The number of halogens is 2. The van der Waals surface area contributed by atoms with Crippen LogP contribution in [0.1, 0.15) is 12.8 Å². The molecule has 0 saturated carbocycles. The molecule has 1 aromatic carbocycles. The largest absolute Gasteiger partial charge is 0.399 e. The molecule has 4 nitrogen and oxygen atoms in total. The first-order chi connectivity index (χ1) is 8.06. The fourth-order valence-corrected chi connectivity index (χ4v) is 2.40. The zero-order valence-corrected chi connectivity index (χ0v) is 10.6. The minimum Gasteiger partial charge on any atom is -0.399 e. The van der Waals surface area contributed by atoms with E-state index in [0.29, 0.717) is 34.4 Å². The topological polar surface area (TPSA) is 67.1 Å². The number of benzene rings is 1. The molecule has 4 N–H and O–H groups in total. The van der Waals surface area contributed by atoms with Gasteiger partial charge < -0.3 is 16.4 Å². The van der Waals surface area contributed by atoms with E-state index in [4.69, 9.17) is 28.9 Å². The molecular formula is C11H13Cl2N3O. The van der Waals surface area contributed by atoms with Gasteiger partial charge in [-0.15, -0.1) is 0 Å². The zero-order chi connectivity index (χ0) is 12.4. The van der Waals surface area contributed by atoms with E-state index >= 15 is 0 Å². The number of nitrogen functional groups attached to an aromatic ring is 1. The van der Waals surface area contributed by atoms with E-state index < -0.39 is 0 Å². The van der Waals surface area contributed by atoms with Gasteiger partial charge in [-0.25, -0.2) is 0 Å². The van der Waals surface area contributed by atoms with Gasteiger partial charge in [0.15, 0.2) is 0 Å². The van der Waals surface area contributed by atoms with Crippen molar-refractivity contribution in [2.75, 3.05) is 17.6 Å². The lowest BCUT2D eigenvalue weighted by atomic mass is 10.1. The highest BCUT2D eigenvalue weighted by atomic mass is 35.5. The normalized spacial score (nSPS) is 19.9. The lowest BCUT2D eigenvalue weighted by molar-refractivity contribution is -0.122. The SMILES string of the molecule is Nc1cc(Cl)c(NC2CCC(=O)NC2)c(Cl)c1. The Bertz CT molecular complexity index is 417. The van der Waals surface area contributed by atoms with Crippen molar-refractivity contribution in [3.63, 3.8) is 0 Å². The summed E-state index contributed by atoms with van der Waals surface area (Å²) in [6.07, 6.45) is 1.28. The summed E-state index contributed by atoms with van der Waals surface area (Å²) in [5.74, 6) is 0.0811. The van der Waals surface area contributed by atoms with Crippen molar-refractivity contribution in [1.29, 1.82) is 0 Å². The van der Waals surface area contributed by atoms with E-state index in [1.807, 2.05) is 0 Å². The molecule has 0 spiro atoms. The molecule has 1 atom stereocenters. The summed E-state index contributed by atoms with van der Waals surface area (Å²) in [4.78, 5) is 11.0. The van der Waals surface area contributed by atoms with Crippen molar-refractivity contribution in [3.05, 3.63) is 22.2 Å². The molecule has 1 unspecified atom stereocenters. The first kappa shape index (κ1) is 12.3. The van der Waals surface area contributed by atoms with Gasteiger partial charge in [0.05, 0.1) is 15.7 Å². The standard InChI is InChI=1S/C11H13Cl2N3O/c12-8-3-6(14)4-9(13)11(8)16-7-1-2-10(17)15-5-7/h3-4,7,16H,1-2,5,14H2,(H,15,17). The van der Waals surface area contributed by atoms with Crippen molar-refractivity contribution in [3.8, 4) is 0 Å². The Morgan fingerprint density at radius 3 is 2.53 bits per heavy atom. The van der Waals surface area contributed by atoms with Crippen LogP contribution in [-0.2, 0) is 4.79 Å². The Morgan fingerprint density at radius 1 is 1.35 bits per heavy atom. The number of nitrogens with two attached hydrogens (primary N) is 1. The van der Waals surface area contributed by atoms with Crippen molar-refractivity contribution in [2.45, 2.75) is 18.9 Å². The maximum absolute atomic E-state index is 11.0. The molecule has 1 fully saturated rings. The minimum absolute atomic E-state index is 0.0811. The highest BCUT2D eigenvalue weighted by Gasteiger charge is 2.19. The van der Waals surface area contributed by atoms with E-state index in [-0.39, 0.29) is 11.9 Å². The van der Waals surface area contributed by atoms with Crippen LogP contribution in [0.2, 0.25) is 10.0 Å². The molecule has 1 heterocycles. The van der Waals surface area contributed by atoms with Crippen molar-refractivity contribution in [2.24, 2.45) is 0 Å². The van der Waals surface area contributed by atoms with Crippen LogP contribution in [0.3, 0.4) is 0 Å². The number of hydrogen-bond acceptors (Lipinski definition) is 3. The Kier molecular flexibility index (Phi) is 3.64. The second-order valence-corrected chi connectivity index (χ2v) is 4.86. The first-order valence-corrected chi connectivity index (χ1v) is 6.09. The Balaban J connectivity index is 2.11. The molecule has 0 radical (unpaired) electrons. The van der Waals surface area contributed by atoms with Crippen LogP contribution < -0.4 is 16.4 Å². The van der Waals surface area contributed by atoms with E-state index in [1.165, 1.54) is 0 Å². The van der Waals surface area contributed by atoms with Crippen LogP contribution in [0.5, 0.6) is 0 Å². The molecule has 0 aliphatic carbocycles. The van der Waals surface area contributed by atoms with Gasteiger partial charge in [-0.3, -0.25) is 4.79 Å². The van der Waals surface area contributed by atoms with Gasteiger partial charge in [-0.05, 0) is 18.6 Å². The summed E-state index contributed by atoms with van der Waals surface area (Å²) >= 11 is 12.1. The first-order valence-electron chi connectivity index (χ1n) is 5.34. The average molecular weight is 274 g/mol. The number of anilines is 2. The van der Waals surface area contributed by atoms with Gasteiger partial charge in [0.25, 0.3) is 0 Å². The lowest BCUT2D eigenvalue weighted by Crippen LogP contribution is -2.41. The third kappa shape index (κ3) is 2.96. The summed E-state index contributed by atoms with van der Waals surface area (Å²) < 4.78 is 0. The van der Waals surface area contributed by atoms with E-state index in [2.05, 4.69) is 10.6 Å². The molecule has 1 aliphatic heterocycles. The lowest BCUT2D eigenvalue weighted by Gasteiger charge is -2.25. The van der Waals surface area contributed by atoms with Crippen LogP contribution in [0.15, 0.2) is 12.1 Å². The highest BCUT2D eigenvalue weighted by Crippen LogP contribution is 2.33. The number of piperidine rings is 1. The molecule has 2 rings (SSSR count). The van der Waals surface area contributed by atoms with Crippen LogP contribution in [0, 0.1) is 0 Å². The second-order valence-electron chi connectivity index (χ2n) is 4.04. The summed E-state index contributed by atoms with van der Waals surface area (Å²) in [6, 6.07) is 3.44. The maximum Gasteiger partial charge on any atom is 0.220 e. The van der Waals surface area contributed by atoms with Gasteiger partial charge in [0.2, 0.25) is 5.91 Å². The quantitative estimate of drug-likeness (QED) is 0.725. The van der Waals surface area contributed by atoms with Crippen molar-refractivity contribution >= 4 is 40.5 Å². The van der Waals surface area contributed by atoms with Gasteiger partial charge in [-0.1, -0.05) is 23.2 Å². The van der Waals surface area contributed by atoms with Gasteiger partial charge >= 0.3 is 0 Å². The Morgan fingerprint density at radius 2 is 2.00 bits per heavy atom. The molecule has 1 saturated heterocycles. The molecule has 0 aromatic heterocycles. The van der Waals surface area contributed by atoms with Gasteiger partial charge in [-0.2, -0.15) is 0 Å². The second kappa shape index (κ2) is 5.02. The summed E-state index contributed by atoms with van der Waals surface area (Å²) in [7, 11) is 0. The summed E-state index contributed by atoms with van der Waals surface area (Å²) in [5, 5.41) is 7.01. The number of rotatable bonds is 2. The molecule has 1 amide bonds. The molecule has 6 heteroatoms. The van der Waals surface area contributed by atoms with Crippen LogP contribution in [0.4, 0.5) is 11.4 Å². The third-order valence-corrected chi connectivity index (χ3v) is 3.27. The van der Waals surface area contributed by atoms with Crippen LogP contribution >= 0.6 is 23.2 Å². The summed E-state index contributed by atoms with van der Waals surface area (Å²) in [5.41, 5.74) is 6.83. The van der Waals surface area contributed by atoms with Gasteiger partial charge in [0.1, 0.15) is 0 Å². The third-order valence-electron chi connectivity index (χ3n) is 2.68. The fraction of sp³-hybridized carbons (Fsp3) is 0.364. The van der Waals surface area contributed by atoms with Crippen LogP contribution in [-0.4, -0.2) is 18.5 Å². The van der Waals surface area contributed by atoms with Crippen molar-refractivity contribution in [1.82, 2.24) is 5.32 Å². The molecule has 1 aromatic rings. The summed E-state index contributed by atoms with van der Waals surface area (Å²) in [6.45, 7) is 0.579. The van der Waals surface area contributed by atoms with E-state index in [0.717, 1.165) is 6.42 Å². The Hall–Kier alpha value is -1.13. The number of carbonyl (C=O) groups is 1. The van der Waals surface area contributed by atoms with Crippen LogP contribution in [0.25, 0.3) is 0 Å². The smallest absolute Gasteiger partial charge is 0.220 e. The zero-order valence-electron chi connectivity index (χ0n) is 9.09. The fourth-order valence-electron chi connectivity index (χ4n) is 1.79. The predicted octanol–water partition coefficient (Wildman–Crippen LogP) is 2.27. The predicted molar refractivity (Wildman–Crippen MR) is 70.5 cm³/mol. The molecular weight excluding hydrogens is 261 g/mol. The number of nitrogens with one attached hydrogen (secondary N) is 2. The monoisotopic (exact) mass is 273 g/mol. The molecule has 92 valence electrons. The Labute approximate surface area is 109 Å². The van der Waals surface area contributed by atoms with Crippen molar-refractivity contribution < 1.29 is 4.79 Å². The number of hydrogen-bond donors (Lipinski definition) is 3. The highest BCUT2D eigenvalue weighted by molar-refractivity contribution is 6.39. The molecule has 1 aliphatic rings. The number of amides is 1. The van der Waals surface area contributed by atoms with Gasteiger partial charge in [0, 0.05) is 24.7 Å².